The van der Waals surface area contributed by atoms with E-state index in [1.165, 1.54) is 24.3 Å². The van der Waals surface area contributed by atoms with Crippen molar-refractivity contribution in [1.82, 2.24) is 0 Å². The second kappa shape index (κ2) is 5.10. The van der Waals surface area contributed by atoms with Crippen molar-refractivity contribution in [2.45, 2.75) is 32.1 Å². The van der Waals surface area contributed by atoms with Crippen LogP contribution < -0.4 is 0 Å². The van der Waals surface area contributed by atoms with E-state index in [0.717, 1.165) is 0 Å². The minimum absolute atomic E-state index is 0.0409. The Balaban J connectivity index is 3.10. The number of sulfone groups is 1. The number of benzene rings is 1. The molecule has 0 bridgehead atoms. The van der Waals surface area contributed by atoms with Crippen LogP contribution in [0.25, 0.3) is 0 Å². The molecule has 0 amide bonds. The van der Waals surface area contributed by atoms with Gasteiger partial charge in [0.2, 0.25) is 0 Å². The molecule has 5 heteroatoms. The van der Waals surface area contributed by atoms with Crippen molar-refractivity contribution in [3.05, 3.63) is 29.8 Å². The van der Waals surface area contributed by atoms with Crippen LogP contribution in [-0.2, 0) is 9.84 Å². The standard InChI is InChI=1S/C13H18O4S/c1-13(2,3)8-9-18(16,17)11-7-5-4-6-10(11)12(14)15/h4-7H,8-9H2,1-3H3,(H,14,15). The monoisotopic (exact) mass is 270 g/mol. The van der Waals surface area contributed by atoms with E-state index in [9.17, 15) is 13.2 Å². The first-order valence-electron chi connectivity index (χ1n) is 5.68. The molecule has 0 fully saturated rings. The maximum atomic E-state index is 12.1. The molecule has 0 saturated heterocycles. The van der Waals surface area contributed by atoms with Gasteiger partial charge in [0.1, 0.15) is 0 Å². The largest absolute Gasteiger partial charge is 0.478 e. The lowest BCUT2D eigenvalue weighted by molar-refractivity contribution is 0.0692. The number of carboxylic acid groups (broad SMARTS) is 1. The first-order valence-corrected chi connectivity index (χ1v) is 7.34. The van der Waals surface area contributed by atoms with Gasteiger partial charge >= 0.3 is 5.97 Å². The van der Waals surface area contributed by atoms with E-state index < -0.39 is 15.8 Å². The highest BCUT2D eigenvalue weighted by atomic mass is 32.2. The highest BCUT2D eigenvalue weighted by Crippen LogP contribution is 2.24. The van der Waals surface area contributed by atoms with Crippen LogP contribution in [0, 0.1) is 5.41 Å². The highest BCUT2D eigenvalue weighted by molar-refractivity contribution is 7.91. The molecule has 0 aromatic heterocycles. The van der Waals surface area contributed by atoms with Gasteiger partial charge in [-0.15, -0.1) is 0 Å². The van der Waals surface area contributed by atoms with Crippen LogP contribution in [0.4, 0.5) is 0 Å². The zero-order valence-corrected chi connectivity index (χ0v) is 11.6. The smallest absolute Gasteiger partial charge is 0.337 e. The summed E-state index contributed by atoms with van der Waals surface area (Å²) in [5, 5.41) is 8.99. The van der Waals surface area contributed by atoms with Gasteiger partial charge < -0.3 is 5.11 Å². The van der Waals surface area contributed by atoms with Crippen LogP contribution >= 0.6 is 0 Å². The predicted octanol–water partition coefficient (Wildman–Crippen LogP) is 2.59. The Bertz CT molecular complexity index is 538. The van der Waals surface area contributed by atoms with Gasteiger partial charge in [-0.25, -0.2) is 13.2 Å². The van der Waals surface area contributed by atoms with Gasteiger partial charge in [0.25, 0.3) is 0 Å². The summed E-state index contributed by atoms with van der Waals surface area (Å²) in [4.78, 5) is 10.9. The molecule has 4 nitrogen and oxygen atoms in total. The molecule has 0 aliphatic heterocycles. The molecule has 18 heavy (non-hydrogen) atoms. The molecule has 0 radical (unpaired) electrons. The fraction of sp³-hybridized carbons (Fsp3) is 0.462. The first kappa shape index (κ1) is 14.7. The van der Waals surface area contributed by atoms with E-state index in [0.29, 0.717) is 6.42 Å². The average molecular weight is 270 g/mol. The minimum Gasteiger partial charge on any atom is -0.478 e. The summed E-state index contributed by atoms with van der Waals surface area (Å²) in [5.74, 6) is -1.26. The average Bonchev–Trinajstić information content (AvgIpc) is 2.26. The molecule has 1 N–H and O–H groups in total. The normalized spacial score (nSPS) is 12.4. The van der Waals surface area contributed by atoms with E-state index in [1.807, 2.05) is 20.8 Å². The molecule has 0 atom stereocenters. The summed E-state index contributed by atoms with van der Waals surface area (Å²) in [7, 11) is -3.55. The van der Waals surface area contributed by atoms with Crippen molar-refractivity contribution in [3.63, 3.8) is 0 Å². The van der Waals surface area contributed by atoms with E-state index in [1.54, 1.807) is 0 Å². The van der Waals surface area contributed by atoms with E-state index in [-0.39, 0.29) is 21.6 Å². The van der Waals surface area contributed by atoms with Crippen molar-refractivity contribution >= 4 is 15.8 Å². The van der Waals surface area contributed by atoms with Gasteiger partial charge in [0, 0.05) is 0 Å². The van der Waals surface area contributed by atoms with Crippen molar-refractivity contribution in [3.8, 4) is 0 Å². The SMILES string of the molecule is CC(C)(C)CCS(=O)(=O)c1ccccc1C(=O)O. The van der Waals surface area contributed by atoms with Crippen LogP contribution in [0.2, 0.25) is 0 Å². The summed E-state index contributed by atoms with van der Waals surface area (Å²) in [5.41, 5.74) is -0.267. The molecular weight excluding hydrogens is 252 g/mol. The molecule has 0 saturated carbocycles. The lowest BCUT2D eigenvalue weighted by Crippen LogP contribution is -2.17. The molecule has 1 aromatic rings. The van der Waals surface area contributed by atoms with E-state index in [2.05, 4.69) is 0 Å². The highest BCUT2D eigenvalue weighted by Gasteiger charge is 2.23. The van der Waals surface area contributed by atoms with Gasteiger partial charge in [-0.3, -0.25) is 0 Å². The number of carbonyl (C=O) groups is 1. The Hall–Kier alpha value is -1.36. The van der Waals surface area contributed by atoms with Crippen LogP contribution in [0.5, 0.6) is 0 Å². The van der Waals surface area contributed by atoms with Crippen molar-refractivity contribution in [2.75, 3.05) is 5.75 Å². The summed E-state index contributed by atoms with van der Waals surface area (Å²) >= 11 is 0. The molecule has 0 unspecified atom stereocenters. The van der Waals surface area contributed by atoms with Gasteiger partial charge in [-0.1, -0.05) is 32.9 Å². The summed E-state index contributed by atoms with van der Waals surface area (Å²) < 4.78 is 24.3. The Morgan fingerprint density at radius 3 is 2.28 bits per heavy atom. The predicted molar refractivity (Wildman–Crippen MR) is 69.5 cm³/mol. The zero-order valence-electron chi connectivity index (χ0n) is 10.8. The number of hydrogen-bond acceptors (Lipinski definition) is 3. The fourth-order valence-electron chi connectivity index (χ4n) is 1.47. The quantitative estimate of drug-likeness (QED) is 0.912. The van der Waals surface area contributed by atoms with Crippen molar-refractivity contribution < 1.29 is 18.3 Å². The summed E-state index contributed by atoms with van der Waals surface area (Å²) in [6, 6.07) is 5.72. The van der Waals surface area contributed by atoms with E-state index in [4.69, 9.17) is 5.11 Å². The zero-order chi connectivity index (χ0) is 14.0. The maximum Gasteiger partial charge on any atom is 0.337 e. The molecule has 1 rings (SSSR count). The Morgan fingerprint density at radius 2 is 1.78 bits per heavy atom. The number of carboxylic acids is 1. The van der Waals surface area contributed by atoms with Crippen LogP contribution in [0.15, 0.2) is 29.2 Å². The molecule has 0 heterocycles. The minimum atomic E-state index is -3.55. The number of hydrogen-bond donors (Lipinski definition) is 1. The van der Waals surface area contributed by atoms with Crippen LogP contribution in [0.1, 0.15) is 37.6 Å². The second-order valence-electron chi connectivity index (χ2n) is 5.43. The van der Waals surface area contributed by atoms with Gasteiger partial charge in [-0.2, -0.15) is 0 Å². The summed E-state index contributed by atoms with van der Waals surface area (Å²) in [6.07, 6.45) is 0.489. The maximum absolute atomic E-state index is 12.1. The Kier molecular flexibility index (Phi) is 4.16. The molecule has 0 spiro atoms. The third kappa shape index (κ3) is 3.84. The molecular formula is C13H18O4S. The molecule has 100 valence electrons. The lowest BCUT2D eigenvalue weighted by atomic mass is 9.94. The van der Waals surface area contributed by atoms with Crippen LogP contribution in [-0.4, -0.2) is 25.2 Å². The lowest BCUT2D eigenvalue weighted by Gasteiger charge is -2.18. The van der Waals surface area contributed by atoms with Gasteiger partial charge in [0.05, 0.1) is 16.2 Å². The van der Waals surface area contributed by atoms with Crippen LogP contribution in [0.3, 0.4) is 0 Å². The summed E-state index contributed by atoms with van der Waals surface area (Å²) in [6.45, 7) is 5.85. The molecule has 0 aliphatic rings. The molecule has 1 aromatic carbocycles. The second-order valence-corrected chi connectivity index (χ2v) is 7.51. The third-order valence-electron chi connectivity index (χ3n) is 2.57. The van der Waals surface area contributed by atoms with Crippen molar-refractivity contribution in [1.29, 1.82) is 0 Å². The number of rotatable bonds is 4. The fourth-order valence-corrected chi connectivity index (χ4v) is 3.34. The third-order valence-corrected chi connectivity index (χ3v) is 4.34. The topological polar surface area (TPSA) is 71.4 Å². The van der Waals surface area contributed by atoms with Crippen molar-refractivity contribution in [2.24, 2.45) is 5.41 Å². The Morgan fingerprint density at radius 1 is 1.22 bits per heavy atom. The van der Waals surface area contributed by atoms with Gasteiger partial charge in [-0.05, 0) is 24.0 Å². The first-order chi connectivity index (χ1) is 8.13. The van der Waals surface area contributed by atoms with Gasteiger partial charge in [0.15, 0.2) is 9.84 Å². The number of aromatic carboxylic acids is 1. The Labute approximate surface area is 108 Å². The molecule has 0 aliphatic carbocycles. The van der Waals surface area contributed by atoms with E-state index >= 15 is 0 Å².